The second kappa shape index (κ2) is 5.17. The van der Waals surface area contributed by atoms with Crippen molar-refractivity contribution in [1.82, 2.24) is 10.2 Å². The van der Waals surface area contributed by atoms with Gasteiger partial charge in [0.1, 0.15) is 0 Å². The maximum atomic E-state index is 12.2. The van der Waals surface area contributed by atoms with Gasteiger partial charge in [-0.3, -0.25) is 9.69 Å². The predicted molar refractivity (Wildman–Crippen MR) is 71.1 cm³/mol. The molecule has 3 aliphatic rings. The highest BCUT2D eigenvalue weighted by molar-refractivity contribution is 5.79. The molecule has 0 radical (unpaired) electrons. The largest absolute Gasteiger partial charge is 0.352 e. The Balaban J connectivity index is 1.43. The molecule has 0 aromatic rings. The molecule has 1 saturated heterocycles. The first-order valence-electron chi connectivity index (χ1n) is 7.52. The van der Waals surface area contributed by atoms with Crippen molar-refractivity contribution in [2.45, 2.75) is 63.1 Å². The number of amides is 1. The smallest absolute Gasteiger partial charge is 0.223 e. The van der Waals surface area contributed by atoms with Crippen LogP contribution in [0.5, 0.6) is 0 Å². The summed E-state index contributed by atoms with van der Waals surface area (Å²) in [5, 5.41) is 3.25. The maximum absolute atomic E-state index is 12.2. The summed E-state index contributed by atoms with van der Waals surface area (Å²) in [5.41, 5.74) is 5.88. The van der Waals surface area contributed by atoms with Crippen LogP contribution in [0, 0.1) is 5.92 Å². The van der Waals surface area contributed by atoms with Crippen molar-refractivity contribution in [3.8, 4) is 0 Å². The molecular weight excluding hydrogens is 226 g/mol. The van der Waals surface area contributed by atoms with E-state index >= 15 is 0 Å². The summed E-state index contributed by atoms with van der Waals surface area (Å²) in [5.74, 6) is 0.504. The molecule has 3 rings (SSSR count). The van der Waals surface area contributed by atoms with Gasteiger partial charge >= 0.3 is 0 Å². The minimum Gasteiger partial charge on any atom is -0.352 e. The summed E-state index contributed by atoms with van der Waals surface area (Å²) in [6.07, 6.45) is 7.84. The van der Waals surface area contributed by atoms with Crippen molar-refractivity contribution in [2.24, 2.45) is 11.7 Å². The molecule has 4 heteroatoms. The molecule has 0 bridgehead atoms. The van der Waals surface area contributed by atoms with Gasteiger partial charge < -0.3 is 11.1 Å². The number of nitrogens with one attached hydrogen (secondary N) is 1. The highest BCUT2D eigenvalue weighted by Gasteiger charge is 2.35. The molecule has 1 amide bonds. The second-order valence-corrected chi connectivity index (χ2v) is 6.33. The van der Waals surface area contributed by atoms with Crippen molar-refractivity contribution in [1.29, 1.82) is 0 Å². The van der Waals surface area contributed by atoms with E-state index in [0.717, 1.165) is 44.7 Å². The molecule has 2 saturated carbocycles. The van der Waals surface area contributed by atoms with Gasteiger partial charge in [-0.1, -0.05) is 0 Å². The van der Waals surface area contributed by atoms with Crippen LogP contribution in [0.2, 0.25) is 0 Å². The van der Waals surface area contributed by atoms with E-state index in [0.29, 0.717) is 12.1 Å². The fraction of sp³-hybridized carbons (Fsp3) is 0.929. The Morgan fingerprint density at radius 2 is 1.78 bits per heavy atom. The molecule has 18 heavy (non-hydrogen) atoms. The summed E-state index contributed by atoms with van der Waals surface area (Å²) in [7, 11) is 0. The Labute approximate surface area is 109 Å². The van der Waals surface area contributed by atoms with Gasteiger partial charge in [-0.05, 0) is 44.9 Å². The lowest BCUT2D eigenvalue weighted by Crippen LogP contribution is -2.42. The summed E-state index contributed by atoms with van der Waals surface area (Å²) in [4.78, 5) is 14.7. The van der Waals surface area contributed by atoms with Gasteiger partial charge in [0.05, 0.1) is 0 Å². The average Bonchev–Trinajstić information content (AvgIpc) is 3.11. The number of hydrogen-bond acceptors (Lipinski definition) is 3. The van der Waals surface area contributed by atoms with Gasteiger partial charge in [-0.15, -0.1) is 0 Å². The third-order valence-electron chi connectivity index (χ3n) is 4.77. The summed E-state index contributed by atoms with van der Waals surface area (Å²) in [6.45, 7) is 2.24. The molecule has 1 heterocycles. The van der Waals surface area contributed by atoms with E-state index in [4.69, 9.17) is 5.73 Å². The number of nitrogens with zero attached hydrogens (tertiary/aromatic N) is 1. The quantitative estimate of drug-likeness (QED) is 0.782. The number of likely N-dealkylation sites (tertiary alicyclic amines) is 1. The van der Waals surface area contributed by atoms with Gasteiger partial charge in [0.15, 0.2) is 0 Å². The number of carbonyl (C=O) groups is 1. The standard InChI is InChI=1S/C14H25N3O/c15-11-3-1-10(2-4-11)14(18)16-12-7-8-17(9-12)13-5-6-13/h10-13H,1-9,15H2,(H,16,18). The second-order valence-electron chi connectivity index (χ2n) is 6.33. The maximum Gasteiger partial charge on any atom is 0.223 e. The van der Waals surface area contributed by atoms with Crippen LogP contribution in [-0.4, -0.2) is 42.0 Å². The Hall–Kier alpha value is -0.610. The van der Waals surface area contributed by atoms with Crippen LogP contribution in [-0.2, 0) is 4.79 Å². The van der Waals surface area contributed by atoms with Crippen molar-refractivity contribution >= 4 is 5.91 Å². The summed E-state index contributed by atoms with van der Waals surface area (Å²) >= 11 is 0. The minimum atomic E-state index is 0.222. The molecule has 3 fully saturated rings. The lowest BCUT2D eigenvalue weighted by atomic mass is 9.86. The van der Waals surface area contributed by atoms with Crippen LogP contribution in [0.1, 0.15) is 44.9 Å². The molecule has 1 atom stereocenters. The van der Waals surface area contributed by atoms with Crippen LogP contribution in [0.25, 0.3) is 0 Å². The number of carbonyl (C=O) groups excluding carboxylic acids is 1. The van der Waals surface area contributed by atoms with Gasteiger partial charge in [0, 0.05) is 37.1 Å². The molecule has 1 aliphatic heterocycles. The molecule has 3 N–H and O–H groups in total. The van der Waals surface area contributed by atoms with E-state index in [1.807, 2.05) is 0 Å². The van der Waals surface area contributed by atoms with Gasteiger partial charge in [-0.2, -0.15) is 0 Å². The fourth-order valence-electron chi connectivity index (χ4n) is 3.38. The number of rotatable bonds is 3. The molecule has 1 unspecified atom stereocenters. The average molecular weight is 251 g/mol. The molecule has 2 aliphatic carbocycles. The zero-order chi connectivity index (χ0) is 12.5. The fourth-order valence-corrected chi connectivity index (χ4v) is 3.38. The van der Waals surface area contributed by atoms with Crippen LogP contribution < -0.4 is 11.1 Å². The van der Waals surface area contributed by atoms with Crippen LogP contribution in [0.4, 0.5) is 0 Å². The van der Waals surface area contributed by atoms with E-state index in [1.54, 1.807) is 0 Å². The van der Waals surface area contributed by atoms with E-state index in [9.17, 15) is 4.79 Å². The molecule has 0 aromatic carbocycles. The van der Waals surface area contributed by atoms with Crippen molar-refractivity contribution < 1.29 is 4.79 Å². The minimum absolute atomic E-state index is 0.222. The zero-order valence-electron chi connectivity index (χ0n) is 11.1. The topological polar surface area (TPSA) is 58.4 Å². The van der Waals surface area contributed by atoms with E-state index in [1.165, 1.54) is 19.4 Å². The van der Waals surface area contributed by atoms with Crippen molar-refractivity contribution in [2.75, 3.05) is 13.1 Å². The highest BCUT2D eigenvalue weighted by Crippen LogP contribution is 2.30. The lowest BCUT2D eigenvalue weighted by Gasteiger charge is -2.26. The Morgan fingerprint density at radius 3 is 2.44 bits per heavy atom. The normalized spacial score (nSPS) is 37.7. The first kappa shape index (κ1) is 12.4. The number of nitrogens with two attached hydrogens (primary N) is 1. The first-order chi connectivity index (χ1) is 8.72. The lowest BCUT2D eigenvalue weighted by molar-refractivity contribution is -0.126. The Kier molecular flexibility index (Phi) is 3.57. The SMILES string of the molecule is NC1CCC(C(=O)NC2CCN(C3CC3)C2)CC1. The third kappa shape index (κ3) is 2.86. The third-order valence-corrected chi connectivity index (χ3v) is 4.77. The summed E-state index contributed by atoms with van der Waals surface area (Å²) in [6, 6.07) is 1.55. The number of hydrogen-bond donors (Lipinski definition) is 2. The zero-order valence-corrected chi connectivity index (χ0v) is 11.1. The van der Waals surface area contributed by atoms with E-state index in [-0.39, 0.29) is 11.8 Å². The molecule has 102 valence electrons. The first-order valence-corrected chi connectivity index (χ1v) is 7.52. The van der Waals surface area contributed by atoms with Crippen molar-refractivity contribution in [3.05, 3.63) is 0 Å². The van der Waals surface area contributed by atoms with Crippen molar-refractivity contribution in [3.63, 3.8) is 0 Å². The highest BCUT2D eigenvalue weighted by atomic mass is 16.2. The van der Waals surface area contributed by atoms with Crippen LogP contribution in [0.15, 0.2) is 0 Å². The molecule has 4 nitrogen and oxygen atoms in total. The monoisotopic (exact) mass is 251 g/mol. The predicted octanol–water partition coefficient (Wildman–Crippen LogP) is 0.857. The molecule has 0 spiro atoms. The summed E-state index contributed by atoms with van der Waals surface area (Å²) < 4.78 is 0. The molecule has 0 aromatic heterocycles. The van der Waals surface area contributed by atoms with E-state index in [2.05, 4.69) is 10.2 Å². The van der Waals surface area contributed by atoms with Gasteiger partial charge in [0.2, 0.25) is 5.91 Å². The molecular formula is C14H25N3O. The van der Waals surface area contributed by atoms with Gasteiger partial charge in [0.25, 0.3) is 0 Å². The Bertz CT molecular complexity index is 308. The van der Waals surface area contributed by atoms with Crippen LogP contribution in [0.3, 0.4) is 0 Å². The Morgan fingerprint density at radius 1 is 1.06 bits per heavy atom. The van der Waals surface area contributed by atoms with Gasteiger partial charge in [-0.25, -0.2) is 0 Å². The van der Waals surface area contributed by atoms with E-state index < -0.39 is 0 Å². The van der Waals surface area contributed by atoms with Crippen LogP contribution >= 0.6 is 0 Å².